The molecule has 1 saturated heterocycles. The van der Waals surface area contributed by atoms with E-state index in [1.54, 1.807) is 12.1 Å². The molecule has 1 heterocycles. The number of nitro benzene ring substituents is 1. The summed E-state index contributed by atoms with van der Waals surface area (Å²) in [7, 11) is 0. The number of anilines is 1. The Morgan fingerprint density at radius 3 is 2.81 bits per heavy atom. The summed E-state index contributed by atoms with van der Waals surface area (Å²) in [5.41, 5.74) is 1.12. The predicted octanol–water partition coefficient (Wildman–Crippen LogP) is 3.26. The Morgan fingerprint density at radius 2 is 2.07 bits per heavy atom. The second-order valence-electron chi connectivity index (χ2n) is 6.07. The van der Waals surface area contributed by atoms with Crippen LogP contribution in [0.5, 0.6) is 0 Å². The molecule has 0 aliphatic carbocycles. The minimum Gasteiger partial charge on any atom is -0.319 e. The second kappa shape index (κ2) is 9.66. The van der Waals surface area contributed by atoms with Gasteiger partial charge in [0, 0.05) is 36.8 Å². The number of halogens is 2. The minimum atomic E-state index is -0.505. The summed E-state index contributed by atoms with van der Waals surface area (Å²) < 4.78 is 0. The maximum absolute atomic E-state index is 12.5. The predicted molar refractivity (Wildman–Crippen MR) is 108 cm³/mol. The molecule has 0 saturated carbocycles. The molecule has 1 fully saturated rings. The zero-order valence-electron chi connectivity index (χ0n) is 14.4. The molecule has 3 rings (SSSR count). The van der Waals surface area contributed by atoms with E-state index >= 15 is 0 Å². The molecule has 0 aromatic heterocycles. The number of nitro groups is 1. The van der Waals surface area contributed by atoms with Crippen LogP contribution in [0, 0.1) is 10.1 Å². The Hall–Kier alpha value is -2.19. The molecule has 2 aromatic carbocycles. The van der Waals surface area contributed by atoms with Crippen molar-refractivity contribution in [2.24, 2.45) is 0 Å². The average molecular weight is 411 g/mol. The molecular formula is C18H20Cl2N4O3. The molecule has 0 spiro atoms. The van der Waals surface area contributed by atoms with Crippen LogP contribution in [-0.2, 0) is 4.79 Å². The van der Waals surface area contributed by atoms with Crippen LogP contribution in [-0.4, -0.2) is 41.9 Å². The number of amides is 1. The first-order chi connectivity index (χ1) is 12.5. The van der Waals surface area contributed by atoms with Gasteiger partial charge in [0.2, 0.25) is 5.91 Å². The fraction of sp³-hybridized carbons (Fsp3) is 0.278. The van der Waals surface area contributed by atoms with E-state index in [2.05, 4.69) is 10.6 Å². The van der Waals surface area contributed by atoms with E-state index in [0.717, 1.165) is 12.1 Å². The Bertz CT molecular complexity index is 819. The lowest BCUT2D eigenvalue weighted by atomic mass is 10.0. The molecular weight excluding hydrogens is 391 g/mol. The van der Waals surface area contributed by atoms with Gasteiger partial charge in [-0.05, 0) is 23.8 Å². The summed E-state index contributed by atoms with van der Waals surface area (Å²) >= 11 is 6.09. The molecule has 1 amide bonds. The lowest BCUT2D eigenvalue weighted by molar-refractivity contribution is -0.383. The molecule has 9 heteroatoms. The van der Waals surface area contributed by atoms with Gasteiger partial charge in [0.05, 0.1) is 11.5 Å². The molecule has 0 bridgehead atoms. The quantitative estimate of drug-likeness (QED) is 0.583. The molecule has 7 nitrogen and oxygen atoms in total. The number of piperazine rings is 1. The number of carbonyl (C=O) groups excluding carboxylic acids is 1. The van der Waals surface area contributed by atoms with E-state index in [4.69, 9.17) is 11.6 Å². The molecule has 27 heavy (non-hydrogen) atoms. The topological polar surface area (TPSA) is 87.5 Å². The number of carbonyl (C=O) groups is 1. The van der Waals surface area contributed by atoms with E-state index in [9.17, 15) is 14.9 Å². The molecule has 2 N–H and O–H groups in total. The molecule has 0 radical (unpaired) electrons. The highest BCUT2D eigenvalue weighted by atomic mass is 35.5. The number of rotatable bonds is 5. The fourth-order valence-corrected chi connectivity index (χ4v) is 3.29. The monoisotopic (exact) mass is 410 g/mol. The van der Waals surface area contributed by atoms with E-state index in [1.807, 2.05) is 29.2 Å². The molecule has 1 aliphatic heterocycles. The van der Waals surface area contributed by atoms with Gasteiger partial charge < -0.3 is 10.6 Å². The van der Waals surface area contributed by atoms with Gasteiger partial charge in [0.25, 0.3) is 5.69 Å². The maximum atomic E-state index is 12.5. The van der Waals surface area contributed by atoms with Crippen LogP contribution >= 0.6 is 24.0 Å². The van der Waals surface area contributed by atoms with Gasteiger partial charge in [-0.25, -0.2) is 0 Å². The minimum absolute atomic E-state index is 0. The van der Waals surface area contributed by atoms with Crippen molar-refractivity contribution in [2.75, 3.05) is 31.5 Å². The third-order valence-corrected chi connectivity index (χ3v) is 4.54. The fourth-order valence-electron chi connectivity index (χ4n) is 3.09. The van der Waals surface area contributed by atoms with Crippen molar-refractivity contribution in [3.05, 3.63) is 69.2 Å². The highest BCUT2D eigenvalue weighted by molar-refractivity contribution is 6.30. The normalized spacial score (nSPS) is 17.0. The standard InChI is InChI=1S/C18H19ClN4O3.ClH/c19-14-5-3-4-13(10-14)17-11-20-8-9-22(17)12-18(24)21-15-6-1-2-7-16(15)23(25)26;/h1-7,10,17,20H,8-9,11-12H2,(H,21,24);1H. The van der Waals surface area contributed by atoms with Gasteiger partial charge in [-0.2, -0.15) is 0 Å². The molecule has 1 aliphatic rings. The Labute approximate surface area is 168 Å². The number of hydrogen-bond acceptors (Lipinski definition) is 5. The highest BCUT2D eigenvalue weighted by Gasteiger charge is 2.26. The lowest BCUT2D eigenvalue weighted by Crippen LogP contribution is -2.48. The second-order valence-corrected chi connectivity index (χ2v) is 6.50. The summed E-state index contributed by atoms with van der Waals surface area (Å²) in [4.78, 5) is 25.1. The summed E-state index contributed by atoms with van der Waals surface area (Å²) in [6.45, 7) is 2.32. The van der Waals surface area contributed by atoms with Crippen LogP contribution in [0.2, 0.25) is 5.02 Å². The number of benzene rings is 2. The van der Waals surface area contributed by atoms with Crippen molar-refractivity contribution in [1.29, 1.82) is 0 Å². The van der Waals surface area contributed by atoms with Crippen LogP contribution in [0.25, 0.3) is 0 Å². The number of nitrogens with zero attached hydrogens (tertiary/aromatic N) is 2. The van der Waals surface area contributed by atoms with Gasteiger partial charge in [0.1, 0.15) is 5.69 Å². The average Bonchev–Trinajstić information content (AvgIpc) is 2.62. The maximum Gasteiger partial charge on any atom is 0.292 e. The number of hydrogen-bond donors (Lipinski definition) is 2. The van der Waals surface area contributed by atoms with Gasteiger partial charge in [-0.1, -0.05) is 35.9 Å². The largest absolute Gasteiger partial charge is 0.319 e. The van der Waals surface area contributed by atoms with Gasteiger partial charge in [-0.15, -0.1) is 12.4 Å². The van der Waals surface area contributed by atoms with Crippen molar-refractivity contribution in [1.82, 2.24) is 10.2 Å². The van der Waals surface area contributed by atoms with Crippen LogP contribution in [0.1, 0.15) is 11.6 Å². The van der Waals surface area contributed by atoms with Crippen LogP contribution < -0.4 is 10.6 Å². The van der Waals surface area contributed by atoms with E-state index < -0.39 is 4.92 Å². The van der Waals surface area contributed by atoms with Crippen LogP contribution in [0.15, 0.2) is 48.5 Å². The van der Waals surface area contributed by atoms with Crippen molar-refractivity contribution in [3.8, 4) is 0 Å². The van der Waals surface area contributed by atoms with Crippen molar-refractivity contribution in [3.63, 3.8) is 0 Å². The Balaban J connectivity index is 0.00000261. The molecule has 2 aromatic rings. The number of para-hydroxylation sites is 2. The summed E-state index contributed by atoms with van der Waals surface area (Å²) in [6, 6.07) is 13.7. The van der Waals surface area contributed by atoms with Crippen molar-refractivity contribution in [2.45, 2.75) is 6.04 Å². The van der Waals surface area contributed by atoms with E-state index in [-0.39, 0.29) is 42.3 Å². The van der Waals surface area contributed by atoms with Crippen LogP contribution in [0.3, 0.4) is 0 Å². The first-order valence-corrected chi connectivity index (χ1v) is 8.66. The Morgan fingerprint density at radius 1 is 1.30 bits per heavy atom. The third-order valence-electron chi connectivity index (χ3n) is 4.31. The van der Waals surface area contributed by atoms with Crippen molar-refractivity contribution < 1.29 is 9.72 Å². The first kappa shape index (κ1) is 21.1. The highest BCUT2D eigenvalue weighted by Crippen LogP contribution is 2.26. The summed E-state index contributed by atoms with van der Waals surface area (Å²) in [5, 5.41) is 17.7. The zero-order chi connectivity index (χ0) is 18.5. The molecule has 1 atom stereocenters. The van der Waals surface area contributed by atoms with Gasteiger partial charge in [-0.3, -0.25) is 19.8 Å². The molecule has 1 unspecified atom stereocenters. The first-order valence-electron chi connectivity index (χ1n) is 8.28. The smallest absolute Gasteiger partial charge is 0.292 e. The van der Waals surface area contributed by atoms with E-state index in [1.165, 1.54) is 12.1 Å². The zero-order valence-corrected chi connectivity index (χ0v) is 16.0. The van der Waals surface area contributed by atoms with Crippen LogP contribution in [0.4, 0.5) is 11.4 Å². The van der Waals surface area contributed by atoms with Gasteiger partial charge in [0.15, 0.2) is 0 Å². The summed E-state index contributed by atoms with van der Waals surface area (Å²) in [6.07, 6.45) is 0. The number of nitrogens with one attached hydrogen (secondary N) is 2. The molecule has 144 valence electrons. The van der Waals surface area contributed by atoms with E-state index in [0.29, 0.717) is 18.1 Å². The Kier molecular flexibility index (Phi) is 7.55. The lowest BCUT2D eigenvalue weighted by Gasteiger charge is -2.36. The van der Waals surface area contributed by atoms with Gasteiger partial charge >= 0.3 is 0 Å². The summed E-state index contributed by atoms with van der Waals surface area (Å²) in [5.74, 6) is -0.284. The SMILES string of the molecule is Cl.O=C(CN1CCNCC1c1cccc(Cl)c1)Nc1ccccc1[N+](=O)[O-]. The third kappa shape index (κ3) is 5.40. The van der Waals surface area contributed by atoms with Crippen molar-refractivity contribution >= 4 is 41.3 Å².